The van der Waals surface area contributed by atoms with E-state index in [2.05, 4.69) is 38.9 Å². The molecule has 1 aliphatic heterocycles. The third-order valence-corrected chi connectivity index (χ3v) is 8.66. The zero-order valence-electron chi connectivity index (χ0n) is 19.1. The number of piperidine rings is 1. The molecule has 0 radical (unpaired) electrons. The minimum Gasteiger partial charge on any atom is -0.372 e. The summed E-state index contributed by atoms with van der Waals surface area (Å²) in [6.45, 7) is 8.57. The van der Waals surface area contributed by atoms with Gasteiger partial charge in [0.2, 0.25) is 15.9 Å². The third kappa shape index (κ3) is 4.73. The average molecular weight is 488 g/mol. The smallest absolute Gasteiger partial charge is 0.245 e. The van der Waals surface area contributed by atoms with Crippen LogP contribution in [0.15, 0.2) is 41.3 Å². The third-order valence-electron chi connectivity index (χ3n) is 6.22. The van der Waals surface area contributed by atoms with Gasteiger partial charge in [0, 0.05) is 37.6 Å². The van der Waals surface area contributed by atoms with Gasteiger partial charge in [-0.1, -0.05) is 6.07 Å². The molecule has 2 heterocycles. The molecule has 1 amide bonds. The molecule has 1 aromatic heterocycles. The number of benzene rings is 2. The molecule has 1 N–H and O–H groups in total. The first kappa shape index (κ1) is 23.6. The molecule has 2 aromatic carbocycles. The van der Waals surface area contributed by atoms with Gasteiger partial charge in [0.15, 0.2) is 0 Å². The molecule has 1 atom stereocenters. The lowest BCUT2D eigenvalue weighted by Gasteiger charge is -2.31. The van der Waals surface area contributed by atoms with Crippen molar-refractivity contribution in [1.82, 2.24) is 13.1 Å². The van der Waals surface area contributed by atoms with Gasteiger partial charge in [0.25, 0.3) is 0 Å². The Kier molecular flexibility index (Phi) is 6.96. The van der Waals surface area contributed by atoms with Gasteiger partial charge in [-0.25, -0.2) is 8.42 Å². The van der Waals surface area contributed by atoms with Gasteiger partial charge in [-0.2, -0.15) is 13.1 Å². The molecule has 8 nitrogen and oxygen atoms in total. The van der Waals surface area contributed by atoms with Crippen molar-refractivity contribution in [3.05, 3.63) is 42.0 Å². The second-order valence-electron chi connectivity index (χ2n) is 8.25. The van der Waals surface area contributed by atoms with Crippen LogP contribution in [-0.2, 0) is 14.8 Å². The highest BCUT2D eigenvalue weighted by atomic mass is 32.2. The Morgan fingerprint density at radius 3 is 2.73 bits per heavy atom. The van der Waals surface area contributed by atoms with Crippen LogP contribution < -0.4 is 10.2 Å². The SMILES string of the molecule is CCN(CC)c1ccc(NC(=O)[C@H]2CCCN(S(=O)(=O)c3cccc4nsnc34)C2)c(C)c1. The van der Waals surface area contributed by atoms with Crippen molar-refractivity contribution in [2.75, 3.05) is 36.4 Å². The number of rotatable bonds is 7. The van der Waals surface area contributed by atoms with Gasteiger partial charge in [-0.15, -0.1) is 0 Å². The van der Waals surface area contributed by atoms with E-state index >= 15 is 0 Å². The van der Waals surface area contributed by atoms with Gasteiger partial charge in [-0.3, -0.25) is 4.79 Å². The van der Waals surface area contributed by atoms with Crippen LogP contribution in [0, 0.1) is 12.8 Å². The fourth-order valence-electron chi connectivity index (χ4n) is 4.31. The largest absolute Gasteiger partial charge is 0.372 e. The van der Waals surface area contributed by atoms with Gasteiger partial charge >= 0.3 is 0 Å². The summed E-state index contributed by atoms with van der Waals surface area (Å²) < 4.78 is 36.5. The highest BCUT2D eigenvalue weighted by Crippen LogP contribution is 2.29. The van der Waals surface area contributed by atoms with Crippen molar-refractivity contribution in [3.8, 4) is 0 Å². The monoisotopic (exact) mass is 487 g/mol. The van der Waals surface area contributed by atoms with Gasteiger partial charge in [-0.05, 0) is 69.5 Å². The van der Waals surface area contributed by atoms with Gasteiger partial charge in [0.1, 0.15) is 15.9 Å². The zero-order valence-corrected chi connectivity index (χ0v) is 20.7. The molecule has 4 rings (SSSR count). The van der Waals surface area contributed by atoms with Crippen LogP contribution in [0.5, 0.6) is 0 Å². The van der Waals surface area contributed by atoms with Crippen LogP contribution in [0.1, 0.15) is 32.3 Å². The van der Waals surface area contributed by atoms with Crippen molar-refractivity contribution in [3.63, 3.8) is 0 Å². The number of aryl methyl sites for hydroxylation is 1. The number of fused-ring (bicyclic) bond motifs is 1. The summed E-state index contributed by atoms with van der Waals surface area (Å²) in [5.41, 5.74) is 3.81. The molecule has 0 aliphatic carbocycles. The maximum Gasteiger partial charge on any atom is 0.245 e. The Morgan fingerprint density at radius 2 is 2.00 bits per heavy atom. The van der Waals surface area contributed by atoms with E-state index < -0.39 is 15.9 Å². The molecular weight excluding hydrogens is 458 g/mol. The van der Waals surface area contributed by atoms with E-state index in [-0.39, 0.29) is 17.3 Å². The molecule has 1 saturated heterocycles. The standard InChI is InChI=1S/C23H29N5O3S2/c1-4-27(5-2)18-11-12-19(16(3)14-18)24-23(29)17-8-7-13-28(15-17)33(30,31)21-10-6-9-20-22(21)26-32-25-20/h6,9-12,14,17H,4-5,7-8,13,15H2,1-3H3,(H,24,29)/t17-/m0/s1. The number of sulfonamides is 1. The lowest BCUT2D eigenvalue weighted by molar-refractivity contribution is -0.120. The number of nitrogens with zero attached hydrogens (tertiary/aromatic N) is 4. The molecule has 10 heteroatoms. The number of nitrogens with one attached hydrogen (secondary N) is 1. The van der Waals surface area contributed by atoms with Crippen molar-refractivity contribution in [1.29, 1.82) is 0 Å². The first-order valence-corrected chi connectivity index (χ1v) is 13.4. The van der Waals surface area contributed by atoms with Gasteiger partial charge < -0.3 is 10.2 Å². The molecule has 1 aliphatic rings. The van der Waals surface area contributed by atoms with E-state index in [0.717, 1.165) is 41.8 Å². The Hall–Kier alpha value is -2.56. The highest BCUT2D eigenvalue weighted by Gasteiger charge is 2.34. The number of carbonyl (C=O) groups is 1. The second kappa shape index (κ2) is 9.74. The van der Waals surface area contributed by atoms with Crippen molar-refractivity contribution >= 4 is 50.1 Å². The van der Waals surface area contributed by atoms with E-state index in [1.54, 1.807) is 18.2 Å². The number of aromatic nitrogens is 2. The van der Waals surface area contributed by atoms with Crippen LogP contribution in [0.25, 0.3) is 11.0 Å². The first-order chi connectivity index (χ1) is 15.8. The average Bonchev–Trinajstić information content (AvgIpc) is 3.30. The summed E-state index contributed by atoms with van der Waals surface area (Å²) in [4.78, 5) is 15.5. The van der Waals surface area contributed by atoms with E-state index in [1.165, 1.54) is 4.31 Å². The number of carbonyl (C=O) groups excluding carboxylic acids is 1. The summed E-state index contributed by atoms with van der Waals surface area (Å²) in [5.74, 6) is -0.565. The quantitative estimate of drug-likeness (QED) is 0.543. The normalized spacial score (nSPS) is 17.2. The minimum absolute atomic E-state index is 0.151. The van der Waals surface area contributed by atoms with E-state index in [9.17, 15) is 13.2 Å². The van der Waals surface area contributed by atoms with E-state index in [1.807, 2.05) is 19.1 Å². The topological polar surface area (TPSA) is 95.5 Å². The van der Waals surface area contributed by atoms with Crippen molar-refractivity contribution in [2.24, 2.45) is 5.92 Å². The number of hydrogen-bond donors (Lipinski definition) is 1. The molecule has 176 valence electrons. The van der Waals surface area contributed by atoms with Crippen molar-refractivity contribution < 1.29 is 13.2 Å². The Morgan fingerprint density at radius 1 is 1.21 bits per heavy atom. The summed E-state index contributed by atoms with van der Waals surface area (Å²) in [6.07, 6.45) is 1.28. The molecular formula is C23H29N5O3S2. The van der Waals surface area contributed by atoms with Crippen LogP contribution >= 0.6 is 11.7 Å². The van der Waals surface area contributed by atoms with Gasteiger partial charge in [0.05, 0.1) is 17.6 Å². The Bertz CT molecular complexity index is 1250. The molecule has 0 bridgehead atoms. The lowest BCUT2D eigenvalue weighted by atomic mass is 9.98. The number of amides is 1. The molecule has 33 heavy (non-hydrogen) atoms. The van der Waals surface area contributed by atoms with Crippen molar-refractivity contribution in [2.45, 2.75) is 38.5 Å². The number of anilines is 2. The number of hydrogen-bond acceptors (Lipinski definition) is 7. The fraction of sp³-hybridized carbons (Fsp3) is 0.435. The fourth-order valence-corrected chi connectivity index (χ4v) is 6.59. The van der Waals surface area contributed by atoms with Crippen LogP contribution in [0.2, 0.25) is 0 Å². The Labute approximate surface area is 199 Å². The van der Waals surface area contributed by atoms with Crippen LogP contribution in [0.3, 0.4) is 0 Å². The minimum atomic E-state index is -3.78. The zero-order chi connectivity index (χ0) is 23.6. The summed E-state index contributed by atoms with van der Waals surface area (Å²) >= 11 is 0.993. The summed E-state index contributed by atoms with van der Waals surface area (Å²) in [6, 6.07) is 11.0. The molecule has 0 unspecified atom stereocenters. The molecule has 3 aromatic rings. The predicted molar refractivity (Wildman–Crippen MR) is 132 cm³/mol. The van der Waals surface area contributed by atoms with Crippen LogP contribution in [-0.4, -0.2) is 53.6 Å². The maximum absolute atomic E-state index is 13.4. The highest BCUT2D eigenvalue weighted by molar-refractivity contribution is 7.89. The van der Waals surface area contributed by atoms with E-state index in [0.29, 0.717) is 30.4 Å². The molecule has 1 fully saturated rings. The Balaban J connectivity index is 1.49. The summed E-state index contributed by atoms with van der Waals surface area (Å²) in [5, 5.41) is 3.02. The predicted octanol–water partition coefficient (Wildman–Crippen LogP) is 3.89. The second-order valence-corrected chi connectivity index (χ2v) is 10.7. The van der Waals surface area contributed by atoms with Crippen LogP contribution in [0.4, 0.5) is 11.4 Å². The first-order valence-electron chi connectivity index (χ1n) is 11.2. The molecule has 0 spiro atoms. The summed E-state index contributed by atoms with van der Waals surface area (Å²) in [7, 11) is -3.78. The van der Waals surface area contributed by atoms with E-state index in [4.69, 9.17) is 0 Å². The molecule has 0 saturated carbocycles. The maximum atomic E-state index is 13.4. The lowest BCUT2D eigenvalue weighted by Crippen LogP contribution is -2.43.